The van der Waals surface area contributed by atoms with Crippen molar-refractivity contribution in [2.45, 2.75) is 59.5 Å². The number of benzene rings is 2. The van der Waals surface area contributed by atoms with E-state index in [9.17, 15) is 4.79 Å². The lowest BCUT2D eigenvalue weighted by atomic mass is 9.95. The molecule has 0 atom stereocenters. The van der Waals surface area contributed by atoms with Crippen LogP contribution in [0.3, 0.4) is 0 Å². The zero-order valence-electron chi connectivity index (χ0n) is 20.0. The van der Waals surface area contributed by atoms with E-state index in [1.165, 1.54) is 35.0 Å². The van der Waals surface area contributed by atoms with E-state index in [-0.39, 0.29) is 5.91 Å². The lowest BCUT2D eigenvalue weighted by molar-refractivity contribution is 0.0951. The topological polar surface area (TPSA) is 71.8 Å². The molecule has 5 rings (SSSR count). The van der Waals surface area contributed by atoms with E-state index < -0.39 is 0 Å². The summed E-state index contributed by atoms with van der Waals surface area (Å²) in [6, 6.07) is 12.1. The van der Waals surface area contributed by atoms with E-state index in [0.717, 1.165) is 41.4 Å². The highest BCUT2D eigenvalue weighted by atomic mass is 16.1. The number of amides is 1. The first-order valence-electron chi connectivity index (χ1n) is 12.0. The second kappa shape index (κ2) is 10.0. The van der Waals surface area contributed by atoms with Crippen LogP contribution in [-0.2, 0) is 25.9 Å². The Bertz CT molecular complexity index is 1290. The fourth-order valence-electron chi connectivity index (χ4n) is 4.74. The summed E-state index contributed by atoms with van der Waals surface area (Å²) in [4.78, 5) is 21.6. The zero-order chi connectivity index (χ0) is 23.4. The summed E-state index contributed by atoms with van der Waals surface area (Å²) in [5.74, 6) is 0.556. The Morgan fingerprint density at radius 3 is 2.70 bits per heavy atom. The van der Waals surface area contributed by atoms with E-state index >= 15 is 0 Å². The maximum absolute atomic E-state index is 12.9. The van der Waals surface area contributed by atoms with Crippen molar-refractivity contribution in [3.8, 4) is 0 Å². The largest absolute Gasteiger partial charge is 0.357 e. The van der Waals surface area contributed by atoms with Gasteiger partial charge in [0.25, 0.3) is 5.91 Å². The third-order valence-electron chi connectivity index (χ3n) is 6.28. The molecule has 2 heterocycles. The third-order valence-corrected chi connectivity index (χ3v) is 6.28. The van der Waals surface area contributed by atoms with Crippen LogP contribution in [0.2, 0.25) is 0 Å². The van der Waals surface area contributed by atoms with Gasteiger partial charge in [-0.1, -0.05) is 19.9 Å². The number of rotatable bonds is 5. The van der Waals surface area contributed by atoms with Gasteiger partial charge in [0, 0.05) is 53.9 Å². The van der Waals surface area contributed by atoms with Crippen LogP contribution in [0.25, 0.3) is 21.8 Å². The average Bonchev–Trinajstić information content (AvgIpc) is 3.21. The van der Waals surface area contributed by atoms with Gasteiger partial charge in [-0.3, -0.25) is 4.79 Å². The molecule has 0 fully saturated rings. The number of fused-ring (bicyclic) bond motifs is 4. The molecule has 0 spiro atoms. The van der Waals surface area contributed by atoms with Crippen LogP contribution >= 0.6 is 0 Å². The Morgan fingerprint density at radius 1 is 1.09 bits per heavy atom. The number of hydrogen-bond donors (Lipinski definition) is 2. The predicted molar refractivity (Wildman–Crippen MR) is 136 cm³/mol. The average molecular weight is 444 g/mol. The monoisotopic (exact) mass is 443 g/mol. The van der Waals surface area contributed by atoms with Crippen molar-refractivity contribution in [1.29, 1.82) is 0 Å². The summed E-state index contributed by atoms with van der Waals surface area (Å²) in [6.07, 6.45) is 6.53. The van der Waals surface area contributed by atoms with Gasteiger partial charge in [-0.15, -0.1) is 0 Å². The molecule has 0 saturated carbocycles. The van der Waals surface area contributed by atoms with Crippen molar-refractivity contribution in [3.63, 3.8) is 0 Å². The van der Waals surface area contributed by atoms with Gasteiger partial charge in [0.1, 0.15) is 0 Å². The van der Waals surface area contributed by atoms with Crippen molar-refractivity contribution in [1.82, 2.24) is 19.9 Å². The van der Waals surface area contributed by atoms with Gasteiger partial charge in [-0.05, 0) is 74.1 Å². The quantitative estimate of drug-likeness (QED) is 0.428. The fraction of sp³-hybridized carbons (Fsp3) is 0.370. The summed E-state index contributed by atoms with van der Waals surface area (Å²) in [5.41, 5.74) is 6.77. The molecular formula is C27H33N5O. The van der Waals surface area contributed by atoms with Gasteiger partial charge in [-0.25, -0.2) is 9.97 Å². The highest BCUT2D eigenvalue weighted by Gasteiger charge is 2.20. The van der Waals surface area contributed by atoms with E-state index in [1.807, 2.05) is 38.1 Å². The van der Waals surface area contributed by atoms with Crippen LogP contribution in [0.1, 0.15) is 60.8 Å². The highest BCUT2D eigenvalue weighted by molar-refractivity contribution is 5.99. The van der Waals surface area contributed by atoms with Crippen LogP contribution in [0.15, 0.2) is 42.6 Å². The summed E-state index contributed by atoms with van der Waals surface area (Å²) in [6.45, 7) is 7.64. The number of carbonyl (C=O) groups is 1. The van der Waals surface area contributed by atoms with Gasteiger partial charge < -0.3 is 15.2 Å². The van der Waals surface area contributed by atoms with E-state index in [1.54, 1.807) is 13.2 Å². The summed E-state index contributed by atoms with van der Waals surface area (Å²) in [5, 5.41) is 8.22. The molecule has 1 aliphatic rings. The van der Waals surface area contributed by atoms with Gasteiger partial charge in [0.2, 0.25) is 5.95 Å². The van der Waals surface area contributed by atoms with Gasteiger partial charge in [0.05, 0.1) is 5.52 Å². The molecule has 2 aromatic heterocycles. The molecule has 33 heavy (non-hydrogen) atoms. The normalized spacial score (nSPS) is 12.7. The number of anilines is 1. The molecule has 4 aromatic rings. The van der Waals surface area contributed by atoms with Crippen molar-refractivity contribution in [3.05, 3.63) is 65.0 Å². The zero-order valence-corrected chi connectivity index (χ0v) is 20.0. The Morgan fingerprint density at radius 2 is 1.91 bits per heavy atom. The van der Waals surface area contributed by atoms with E-state index in [4.69, 9.17) is 0 Å². The predicted octanol–water partition coefficient (Wildman–Crippen LogP) is 5.48. The number of aryl methyl sites for hydroxylation is 2. The van der Waals surface area contributed by atoms with Crippen molar-refractivity contribution in [2.75, 3.05) is 12.4 Å². The molecule has 2 aromatic carbocycles. The first-order valence-corrected chi connectivity index (χ1v) is 12.0. The number of aromatic nitrogens is 3. The van der Waals surface area contributed by atoms with Crippen molar-refractivity contribution >= 4 is 33.7 Å². The molecule has 1 aliphatic carbocycles. The van der Waals surface area contributed by atoms with Crippen LogP contribution < -0.4 is 10.6 Å². The van der Waals surface area contributed by atoms with E-state index in [0.29, 0.717) is 12.5 Å². The third kappa shape index (κ3) is 4.42. The SMILES string of the molecule is CC.CCn1c2c(c3cc(C(=O)NCc4ccc5nc(NC)ncc5c4)ccc31)CCCC2. The first-order chi connectivity index (χ1) is 16.2. The minimum atomic E-state index is -0.0439. The molecule has 172 valence electrons. The minimum Gasteiger partial charge on any atom is -0.357 e. The molecule has 0 unspecified atom stereocenters. The van der Waals surface area contributed by atoms with Gasteiger partial charge in [0.15, 0.2) is 0 Å². The smallest absolute Gasteiger partial charge is 0.251 e. The second-order valence-electron chi connectivity index (χ2n) is 8.13. The Labute approximate surface area is 195 Å². The molecule has 0 aliphatic heterocycles. The molecule has 6 heteroatoms. The number of carbonyl (C=O) groups excluding carboxylic acids is 1. The van der Waals surface area contributed by atoms with Crippen LogP contribution in [0, 0.1) is 0 Å². The molecule has 6 nitrogen and oxygen atoms in total. The van der Waals surface area contributed by atoms with Crippen molar-refractivity contribution in [2.24, 2.45) is 0 Å². The van der Waals surface area contributed by atoms with Gasteiger partial charge >= 0.3 is 0 Å². The van der Waals surface area contributed by atoms with Crippen molar-refractivity contribution < 1.29 is 4.79 Å². The first kappa shape index (κ1) is 22.8. The molecular weight excluding hydrogens is 410 g/mol. The lowest BCUT2D eigenvalue weighted by Gasteiger charge is -2.14. The fourth-order valence-corrected chi connectivity index (χ4v) is 4.74. The highest BCUT2D eigenvalue weighted by Crippen LogP contribution is 2.32. The number of hydrogen-bond acceptors (Lipinski definition) is 4. The second-order valence-corrected chi connectivity index (χ2v) is 8.13. The maximum atomic E-state index is 12.9. The Hall–Kier alpha value is -3.41. The Kier molecular flexibility index (Phi) is 6.92. The number of nitrogens with one attached hydrogen (secondary N) is 2. The standard InChI is InChI=1S/C25H27N5O.C2H6/c1-3-30-22-7-5-4-6-19(22)20-13-17(9-11-23(20)30)24(31)27-14-16-8-10-21-18(12-16)15-28-25(26-2)29-21;1-2/h8-13,15H,3-7,14H2,1-2H3,(H,27,31)(H,26,28,29);1-2H3. The Balaban J connectivity index is 0.00000126. The van der Waals surface area contributed by atoms with Crippen LogP contribution in [0.4, 0.5) is 5.95 Å². The molecule has 0 saturated heterocycles. The molecule has 2 N–H and O–H groups in total. The summed E-state index contributed by atoms with van der Waals surface area (Å²) >= 11 is 0. The van der Waals surface area contributed by atoms with Gasteiger partial charge in [-0.2, -0.15) is 0 Å². The van der Waals surface area contributed by atoms with E-state index in [2.05, 4.69) is 44.2 Å². The summed E-state index contributed by atoms with van der Waals surface area (Å²) < 4.78 is 2.42. The van der Waals surface area contributed by atoms with Crippen LogP contribution in [0.5, 0.6) is 0 Å². The maximum Gasteiger partial charge on any atom is 0.251 e. The molecule has 0 bridgehead atoms. The minimum absolute atomic E-state index is 0.0439. The molecule has 0 radical (unpaired) electrons. The number of nitrogens with zero attached hydrogens (tertiary/aromatic N) is 3. The molecule has 1 amide bonds. The summed E-state index contributed by atoms with van der Waals surface area (Å²) in [7, 11) is 1.80. The van der Waals surface area contributed by atoms with Crippen LogP contribution in [-0.4, -0.2) is 27.5 Å². The lowest BCUT2D eigenvalue weighted by Crippen LogP contribution is -2.22.